The molecule has 0 amide bonds. The number of nitrogens with two attached hydrogens (primary N) is 1. The fraction of sp³-hybridized carbons (Fsp3) is 0.364. The van der Waals surface area contributed by atoms with Gasteiger partial charge in [0.1, 0.15) is 0 Å². The first-order valence-corrected chi connectivity index (χ1v) is 5.48. The molecule has 90 valence electrons. The first kappa shape index (κ1) is 11.5. The molecule has 0 bridgehead atoms. The van der Waals surface area contributed by atoms with Crippen LogP contribution in [0, 0.1) is 0 Å². The summed E-state index contributed by atoms with van der Waals surface area (Å²) in [6.45, 7) is 3.01. The van der Waals surface area contributed by atoms with Crippen LogP contribution < -0.4 is 11.3 Å². The van der Waals surface area contributed by atoms with Gasteiger partial charge in [-0.3, -0.25) is 4.79 Å². The Morgan fingerprint density at radius 2 is 2.35 bits per heavy atom. The van der Waals surface area contributed by atoms with Gasteiger partial charge in [-0.05, 0) is 13.0 Å². The van der Waals surface area contributed by atoms with E-state index < -0.39 is 0 Å². The quantitative estimate of drug-likeness (QED) is 0.828. The highest BCUT2D eigenvalue weighted by Gasteiger charge is 2.08. The van der Waals surface area contributed by atoms with Crippen molar-refractivity contribution in [2.24, 2.45) is 5.73 Å². The zero-order valence-corrected chi connectivity index (χ0v) is 9.59. The Bertz CT molecular complexity index is 559. The number of hydrogen-bond acceptors (Lipinski definition) is 5. The van der Waals surface area contributed by atoms with Crippen LogP contribution in [0.2, 0.25) is 0 Å². The van der Waals surface area contributed by atoms with Crippen molar-refractivity contribution in [3.63, 3.8) is 0 Å². The lowest BCUT2D eigenvalue weighted by Gasteiger charge is -2.00. The molecular weight excluding hydrogens is 220 g/mol. The molecule has 6 nitrogen and oxygen atoms in total. The Hall–Kier alpha value is -1.95. The molecule has 6 heteroatoms. The minimum absolute atomic E-state index is 0.0739. The molecule has 0 saturated carbocycles. The van der Waals surface area contributed by atoms with Crippen molar-refractivity contribution >= 4 is 0 Å². The molecule has 0 aromatic carbocycles. The van der Waals surface area contributed by atoms with Gasteiger partial charge in [0.15, 0.2) is 0 Å². The Morgan fingerprint density at radius 3 is 3.00 bits per heavy atom. The van der Waals surface area contributed by atoms with Crippen LogP contribution in [-0.4, -0.2) is 21.3 Å². The van der Waals surface area contributed by atoms with Crippen molar-refractivity contribution in [1.29, 1.82) is 0 Å². The van der Waals surface area contributed by atoms with Gasteiger partial charge in [-0.25, -0.2) is 0 Å². The number of rotatable bonds is 4. The van der Waals surface area contributed by atoms with Crippen LogP contribution in [0.4, 0.5) is 0 Å². The summed E-state index contributed by atoms with van der Waals surface area (Å²) in [5.41, 5.74) is 5.97. The molecule has 2 rings (SSSR count). The van der Waals surface area contributed by atoms with Crippen molar-refractivity contribution in [1.82, 2.24) is 14.7 Å². The van der Waals surface area contributed by atoms with Crippen molar-refractivity contribution in [3.05, 3.63) is 34.6 Å². The summed E-state index contributed by atoms with van der Waals surface area (Å²) in [6, 6.07) is 3.29. The maximum absolute atomic E-state index is 11.6. The number of pyridine rings is 1. The van der Waals surface area contributed by atoms with E-state index in [1.165, 1.54) is 6.07 Å². The summed E-state index contributed by atoms with van der Waals surface area (Å²) in [7, 11) is 0. The predicted octanol–water partition coefficient (Wildman–Crippen LogP) is 0.419. The van der Waals surface area contributed by atoms with Crippen molar-refractivity contribution in [3.8, 4) is 11.4 Å². The summed E-state index contributed by atoms with van der Waals surface area (Å²) in [6.07, 6.45) is 2.26. The fourth-order valence-corrected chi connectivity index (χ4v) is 1.51. The van der Waals surface area contributed by atoms with Gasteiger partial charge >= 0.3 is 0 Å². The number of hydrogen-bond donors (Lipinski definition) is 1. The van der Waals surface area contributed by atoms with E-state index in [1.807, 2.05) is 6.92 Å². The smallest absolute Gasteiger partial charge is 0.251 e. The zero-order chi connectivity index (χ0) is 12.3. The molecular formula is C11H14N4O2. The van der Waals surface area contributed by atoms with Crippen LogP contribution in [0.5, 0.6) is 0 Å². The highest BCUT2D eigenvalue weighted by atomic mass is 16.5. The average molecular weight is 234 g/mol. The molecule has 2 N–H and O–H groups in total. The first-order valence-electron chi connectivity index (χ1n) is 5.48. The monoisotopic (exact) mass is 234 g/mol. The molecule has 0 spiro atoms. The summed E-state index contributed by atoms with van der Waals surface area (Å²) in [5, 5.41) is 3.81. The highest BCUT2D eigenvalue weighted by molar-refractivity contribution is 5.52. The van der Waals surface area contributed by atoms with Gasteiger partial charge < -0.3 is 14.8 Å². The fourth-order valence-electron chi connectivity index (χ4n) is 1.51. The van der Waals surface area contributed by atoms with Gasteiger partial charge in [-0.1, -0.05) is 5.16 Å². The second-order valence-electron chi connectivity index (χ2n) is 3.59. The van der Waals surface area contributed by atoms with Gasteiger partial charge in [0, 0.05) is 37.3 Å². The molecule has 0 radical (unpaired) electrons. The van der Waals surface area contributed by atoms with Crippen LogP contribution in [0.3, 0.4) is 0 Å². The minimum Gasteiger partial charge on any atom is -0.339 e. The van der Waals surface area contributed by atoms with E-state index >= 15 is 0 Å². The third-order valence-electron chi connectivity index (χ3n) is 2.42. The van der Waals surface area contributed by atoms with E-state index in [-0.39, 0.29) is 5.56 Å². The van der Waals surface area contributed by atoms with Crippen LogP contribution in [-0.2, 0) is 13.0 Å². The lowest BCUT2D eigenvalue weighted by Crippen LogP contribution is -2.17. The van der Waals surface area contributed by atoms with Gasteiger partial charge in [-0.15, -0.1) is 0 Å². The summed E-state index contributed by atoms with van der Waals surface area (Å²) < 4.78 is 6.61. The van der Waals surface area contributed by atoms with Gasteiger partial charge in [0.05, 0.1) is 0 Å². The van der Waals surface area contributed by atoms with E-state index in [9.17, 15) is 4.79 Å². The van der Waals surface area contributed by atoms with Crippen LogP contribution >= 0.6 is 0 Å². The van der Waals surface area contributed by atoms with E-state index in [0.717, 1.165) is 0 Å². The summed E-state index contributed by atoms with van der Waals surface area (Å²) >= 11 is 0. The van der Waals surface area contributed by atoms with E-state index in [4.69, 9.17) is 10.3 Å². The molecule has 0 unspecified atom stereocenters. The Kier molecular flexibility index (Phi) is 3.34. The van der Waals surface area contributed by atoms with Crippen LogP contribution in [0.15, 0.2) is 27.6 Å². The maximum atomic E-state index is 11.6. The zero-order valence-electron chi connectivity index (χ0n) is 9.59. The molecule has 0 aliphatic carbocycles. The van der Waals surface area contributed by atoms with Crippen molar-refractivity contribution < 1.29 is 4.52 Å². The highest BCUT2D eigenvalue weighted by Crippen LogP contribution is 2.13. The Labute approximate surface area is 98.1 Å². The Morgan fingerprint density at radius 1 is 1.53 bits per heavy atom. The third-order valence-corrected chi connectivity index (χ3v) is 2.42. The molecule has 0 atom stereocenters. The molecule has 0 fully saturated rings. The number of aryl methyl sites for hydroxylation is 1. The number of aromatic nitrogens is 3. The summed E-state index contributed by atoms with van der Waals surface area (Å²) in [5.74, 6) is 0.913. The second-order valence-corrected chi connectivity index (χ2v) is 3.59. The number of nitrogens with zero attached hydrogens (tertiary/aromatic N) is 3. The van der Waals surface area contributed by atoms with Gasteiger partial charge in [0.2, 0.25) is 11.7 Å². The Balaban J connectivity index is 2.32. The first-order chi connectivity index (χ1) is 8.24. The van der Waals surface area contributed by atoms with Gasteiger partial charge in [-0.2, -0.15) is 4.98 Å². The molecule has 2 aromatic rings. The standard InChI is InChI=1S/C11H14N4O2/c1-2-15-6-4-8(7-10(15)16)11-13-9(3-5-12)17-14-11/h4,6-7H,2-3,5,12H2,1H3. The van der Waals surface area contributed by atoms with E-state index in [1.54, 1.807) is 16.8 Å². The lowest BCUT2D eigenvalue weighted by molar-refractivity contribution is 0.380. The summed E-state index contributed by atoms with van der Waals surface area (Å²) in [4.78, 5) is 15.8. The molecule has 0 aliphatic heterocycles. The normalized spacial score (nSPS) is 10.7. The predicted molar refractivity (Wildman–Crippen MR) is 62.4 cm³/mol. The topological polar surface area (TPSA) is 86.9 Å². The SMILES string of the molecule is CCn1ccc(-c2noc(CCN)n2)cc1=O. The van der Waals surface area contributed by atoms with Crippen molar-refractivity contribution in [2.75, 3.05) is 6.54 Å². The molecule has 2 heterocycles. The average Bonchev–Trinajstić information content (AvgIpc) is 2.78. The maximum Gasteiger partial charge on any atom is 0.251 e. The van der Waals surface area contributed by atoms with Crippen molar-refractivity contribution in [2.45, 2.75) is 19.9 Å². The third kappa shape index (κ3) is 2.42. The largest absolute Gasteiger partial charge is 0.339 e. The molecule has 17 heavy (non-hydrogen) atoms. The minimum atomic E-state index is -0.0739. The van der Waals surface area contributed by atoms with Crippen LogP contribution in [0.1, 0.15) is 12.8 Å². The van der Waals surface area contributed by atoms with Crippen LogP contribution in [0.25, 0.3) is 11.4 Å². The van der Waals surface area contributed by atoms with E-state index in [0.29, 0.717) is 36.8 Å². The molecule has 0 saturated heterocycles. The van der Waals surface area contributed by atoms with E-state index in [2.05, 4.69) is 10.1 Å². The lowest BCUT2D eigenvalue weighted by atomic mass is 10.2. The molecule has 2 aromatic heterocycles. The van der Waals surface area contributed by atoms with Gasteiger partial charge in [0.25, 0.3) is 5.56 Å². The molecule has 0 aliphatic rings. The second kappa shape index (κ2) is 4.92.